The fraction of sp³-hybridized carbons (Fsp3) is 0.111. The molecular weight excluding hydrogens is 368 g/mol. The number of hydrogen-bond donors (Lipinski definition) is 2. The summed E-state index contributed by atoms with van der Waals surface area (Å²) in [4.78, 5) is 32.4. The molecule has 8 heteroatoms. The third-order valence-electron chi connectivity index (χ3n) is 3.29. The van der Waals surface area contributed by atoms with Gasteiger partial charge in [-0.3, -0.25) is 9.59 Å². The third-order valence-corrected chi connectivity index (χ3v) is 4.85. The van der Waals surface area contributed by atoms with E-state index >= 15 is 0 Å². The topological polar surface area (TPSA) is 84.0 Å². The van der Waals surface area contributed by atoms with Crippen molar-refractivity contribution in [3.05, 3.63) is 65.1 Å². The second kappa shape index (κ2) is 9.12. The number of hydrogen-bond acceptors (Lipinski definition) is 6. The van der Waals surface area contributed by atoms with Gasteiger partial charge in [0.05, 0.1) is 0 Å². The minimum Gasteiger partial charge on any atom is -0.351 e. The summed E-state index contributed by atoms with van der Waals surface area (Å²) in [6.45, 7) is 0.279. The summed E-state index contributed by atoms with van der Waals surface area (Å²) in [5, 5.41) is 10.7. The van der Waals surface area contributed by atoms with E-state index in [1.54, 1.807) is 36.0 Å². The number of nitrogens with zero attached hydrogens (tertiary/aromatic N) is 2. The zero-order valence-corrected chi connectivity index (χ0v) is 15.3. The first-order chi connectivity index (χ1) is 12.7. The van der Waals surface area contributed by atoms with Gasteiger partial charge in [-0.1, -0.05) is 17.8 Å². The number of carbonyl (C=O) groups is 2. The highest BCUT2D eigenvalue weighted by atomic mass is 32.2. The van der Waals surface area contributed by atoms with Gasteiger partial charge in [0.2, 0.25) is 5.91 Å². The minimum absolute atomic E-state index is 0.169. The van der Waals surface area contributed by atoms with Gasteiger partial charge in [0, 0.05) is 42.0 Å². The number of anilines is 1. The van der Waals surface area contributed by atoms with Crippen molar-refractivity contribution in [2.75, 3.05) is 11.9 Å². The van der Waals surface area contributed by atoms with Crippen LogP contribution in [0.4, 0.5) is 5.69 Å². The Morgan fingerprint density at radius 3 is 2.73 bits per heavy atom. The molecule has 0 aliphatic rings. The lowest BCUT2D eigenvalue weighted by atomic mass is 10.3. The molecule has 0 saturated carbocycles. The first-order valence-corrected chi connectivity index (χ1v) is 9.62. The maximum atomic E-state index is 12.1. The van der Waals surface area contributed by atoms with E-state index in [9.17, 15) is 9.59 Å². The van der Waals surface area contributed by atoms with Crippen molar-refractivity contribution in [3.8, 4) is 0 Å². The molecule has 0 radical (unpaired) electrons. The van der Waals surface area contributed by atoms with Crippen molar-refractivity contribution in [2.24, 2.45) is 0 Å². The van der Waals surface area contributed by atoms with Gasteiger partial charge in [-0.2, -0.15) is 11.3 Å². The van der Waals surface area contributed by atoms with Crippen molar-refractivity contribution in [1.82, 2.24) is 15.3 Å². The van der Waals surface area contributed by atoms with Gasteiger partial charge in [0.1, 0.15) is 10.1 Å². The fourth-order valence-corrected chi connectivity index (χ4v) is 3.48. The molecule has 0 saturated heterocycles. The molecule has 3 aromatic rings. The van der Waals surface area contributed by atoms with Crippen molar-refractivity contribution in [2.45, 2.75) is 16.5 Å². The molecule has 3 aromatic heterocycles. The standard InChI is InChI=1S/C18H16N4O2S2/c23-15(5-9-21-18(24)13-6-10-25-12-13)22-14-4-8-20-17(11-14)26-16-3-1-2-7-19-16/h1-4,6-8,10-12H,5,9H2,(H,21,24)(H,20,22,23). The van der Waals surface area contributed by atoms with Crippen LogP contribution < -0.4 is 10.6 Å². The lowest BCUT2D eigenvalue weighted by Crippen LogP contribution is -2.27. The van der Waals surface area contributed by atoms with Crippen LogP contribution in [0.1, 0.15) is 16.8 Å². The van der Waals surface area contributed by atoms with Crippen LogP contribution in [0.3, 0.4) is 0 Å². The van der Waals surface area contributed by atoms with E-state index in [0.29, 0.717) is 11.3 Å². The summed E-state index contributed by atoms with van der Waals surface area (Å²) in [6, 6.07) is 10.9. The van der Waals surface area contributed by atoms with Crippen LogP contribution in [-0.2, 0) is 4.79 Å². The molecule has 2 amide bonds. The predicted molar refractivity (Wildman–Crippen MR) is 102 cm³/mol. The summed E-state index contributed by atoms with van der Waals surface area (Å²) in [5.41, 5.74) is 1.27. The van der Waals surface area contributed by atoms with Crippen molar-refractivity contribution in [1.29, 1.82) is 0 Å². The van der Waals surface area contributed by atoms with E-state index in [0.717, 1.165) is 10.1 Å². The highest BCUT2D eigenvalue weighted by Crippen LogP contribution is 2.25. The molecule has 26 heavy (non-hydrogen) atoms. The lowest BCUT2D eigenvalue weighted by molar-refractivity contribution is -0.116. The van der Waals surface area contributed by atoms with Crippen LogP contribution in [0, 0.1) is 0 Å². The SMILES string of the molecule is O=C(CCNC(=O)c1ccsc1)Nc1ccnc(Sc2ccccn2)c1. The Morgan fingerprint density at radius 2 is 1.96 bits per heavy atom. The fourth-order valence-electron chi connectivity index (χ4n) is 2.07. The monoisotopic (exact) mass is 384 g/mol. The average molecular weight is 384 g/mol. The zero-order chi connectivity index (χ0) is 18.2. The molecule has 0 atom stereocenters. The second-order valence-corrected chi connectivity index (χ2v) is 7.04. The van der Waals surface area contributed by atoms with Crippen molar-refractivity contribution in [3.63, 3.8) is 0 Å². The predicted octanol–water partition coefficient (Wildman–Crippen LogP) is 3.45. The normalized spacial score (nSPS) is 10.3. The molecule has 0 fully saturated rings. The number of nitrogens with one attached hydrogen (secondary N) is 2. The van der Waals surface area contributed by atoms with Gasteiger partial charge < -0.3 is 10.6 Å². The van der Waals surface area contributed by atoms with Crippen LogP contribution >= 0.6 is 23.1 Å². The number of thiophene rings is 1. The van der Waals surface area contributed by atoms with Crippen molar-refractivity contribution >= 4 is 40.6 Å². The van der Waals surface area contributed by atoms with E-state index in [1.807, 2.05) is 23.6 Å². The average Bonchev–Trinajstić information content (AvgIpc) is 3.17. The molecule has 0 spiro atoms. The highest BCUT2D eigenvalue weighted by molar-refractivity contribution is 7.99. The maximum absolute atomic E-state index is 12.1. The number of rotatable bonds is 7. The molecule has 0 unspecified atom stereocenters. The van der Waals surface area contributed by atoms with Gasteiger partial charge in [0.25, 0.3) is 5.91 Å². The molecule has 132 valence electrons. The minimum atomic E-state index is -0.171. The first kappa shape index (κ1) is 18.1. The van der Waals surface area contributed by atoms with E-state index in [-0.39, 0.29) is 24.8 Å². The Bertz CT molecular complexity index is 870. The maximum Gasteiger partial charge on any atom is 0.252 e. The van der Waals surface area contributed by atoms with Crippen LogP contribution in [0.2, 0.25) is 0 Å². The Labute approximate surface area is 159 Å². The van der Waals surface area contributed by atoms with Crippen LogP contribution in [-0.4, -0.2) is 28.3 Å². The molecule has 3 heterocycles. The Morgan fingerprint density at radius 1 is 1.08 bits per heavy atom. The van der Waals surface area contributed by atoms with Crippen LogP contribution in [0.25, 0.3) is 0 Å². The Hall–Kier alpha value is -2.71. The number of amides is 2. The van der Waals surface area contributed by atoms with Gasteiger partial charge in [-0.05, 0) is 35.7 Å². The third kappa shape index (κ3) is 5.40. The molecular formula is C18H16N4O2S2. The van der Waals surface area contributed by atoms with Crippen molar-refractivity contribution < 1.29 is 9.59 Å². The van der Waals surface area contributed by atoms with Crippen LogP contribution in [0.15, 0.2) is 69.6 Å². The van der Waals surface area contributed by atoms with Crippen LogP contribution in [0.5, 0.6) is 0 Å². The van der Waals surface area contributed by atoms with E-state index in [4.69, 9.17) is 0 Å². The smallest absolute Gasteiger partial charge is 0.252 e. The molecule has 6 nitrogen and oxygen atoms in total. The first-order valence-electron chi connectivity index (χ1n) is 7.86. The molecule has 2 N–H and O–H groups in total. The van der Waals surface area contributed by atoms with Gasteiger partial charge in [-0.25, -0.2) is 9.97 Å². The summed E-state index contributed by atoms with van der Waals surface area (Å²) < 4.78 is 0. The number of carbonyl (C=O) groups excluding carboxylic acids is 2. The van der Waals surface area contributed by atoms with Gasteiger partial charge in [-0.15, -0.1) is 0 Å². The molecule has 0 aliphatic heterocycles. The van der Waals surface area contributed by atoms with E-state index in [2.05, 4.69) is 20.6 Å². The zero-order valence-electron chi connectivity index (χ0n) is 13.7. The summed E-state index contributed by atoms with van der Waals surface area (Å²) in [5.74, 6) is -0.340. The lowest BCUT2D eigenvalue weighted by Gasteiger charge is -2.07. The number of pyridine rings is 2. The summed E-state index contributed by atoms with van der Waals surface area (Å²) in [7, 11) is 0. The molecule has 0 bridgehead atoms. The molecule has 0 aromatic carbocycles. The van der Waals surface area contributed by atoms with E-state index < -0.39 is 0 Å². The summed E-state index contributed by atoms with van der Waals surface area (Å²) >= 11 is 2.88. The summed E-state index contributed by atoms with van der Waals surface area (Å²) in [6.07, 6.45) is 3.55. The second-order valence-electron chi connectivity index (χ2n) is 5.22. The Balaban J connectivity index is 1.48. The molecule has 0 aliphatic carbocycles. The Kier molecular flexibility index (Phi) is 6.34. The largest absolute Gasteiger partial charge is 0.351 e. The van der Waals surface area contributed by atoms with Gasteiger partial charge in [0.15, 0.2) is 0 Å². The van der Waals surface area contributed by atoms with E-state index in [1.165, 1.54) is 23.1 Å². The number of aromatic nitrogens is 2. The quantitative estimate of drug-likeness (QED) is 0.652. The molecule has 3 rings (SSSR count). The van der Waals surface area contributed by atoms with Gasteiger partial charge >= 0.3 is 0 Å². The highest BCUT2D eigenvalue weighted by Gasteiger charge is 2.08.